The maximum Gasteiger partial charge on any atom is 0.317 e. The third-order valence-electron chi connectivity index (χ3n) is 3.41. The molecule has 2 amide bonds. The number of carbonyl (C=O) groups is 3. The normalized spacial score (nSPS) is 15.7. The van der Waals surface area contributed by atoms with E-state index in [4.69, 9.17) is 10.8 Å². The van der Waals surface area contributed by atoms with Gasteiger partial charge in [0, 0.05) is 37.3 Å². The molecule has 7 nitrogen and oxygen atoms in total. The largest absolute Gasteiger partial charge is 0.480 e. The van der Waals surface area contributed by atoms with Crippen molar-refractivity contribution < 1.29 is 19.5 Å². The zero-order chi connectivity index (χ0) is 15.4. The molecule has 0 unspecified atom stereocenters. The van der Waals surface area contributed by atoms with Crippen molar-refractivity contribution in [1.29, 1.82) is 0 Å². The lowest BCUT2D eigenvalue weighted by Gasteiger charge is -2.33. The minimum Gasteiger partial charge on any atom is -0.480 e. The number of aliphatic carboxylic acids is 1. The highest BCUT2D eigenvalue weighted by atomic mass is 16.4. The third kappa shape index (κ3) is 3.79. The van der Waals surface area contributed by atoms with E-state index < -0.39 is 11.9 Å². The molecule has 0 aromatic heterocycles. The highest BCUT2D eigenvalue weighted by Crippen LogP contribution is 2.11. The fourth-order valence-corrected chi connectivity index (χ4v) is 2.29. The van der Waals surface area contributed by atoms with Crippen molar-refractivity contribution in [3.63, 3.8) is 0 Å². The van der Waals surface area contributed by atoms with E-state index in [1.165, 1.54) is 6.07 Å². The maximum atomic E-state index is 12.3. The van der Waals surface area contributed by atoms with Gasteiger partial charge in [0.15, 0.2) is 0 Å². The van der Waals surface area contributed by atoms with Gasteiger partial charge in [-0.05, 0) is 18.2 Å². The number of carboxylic acids is 1. The van der Waals surface area contributed by atoms with Crippen LogP contribution in [0.5, 0.6) is 0 Å². The number of hydrogen-bond donors (Lipinski definition) is 2. The van der Waals surface area contributed by atoms with Crippen molar-refractivity contribution in [2.75, 3.05) is 32.7 Å². The molecule has 1 aliphatic rings. The van der Waals surface area contributed by atoms with Crippen molar-refractivity contribution in [2.45, 2.75) is 0 Å². The van der Waals surface area contributed by atoms with Crippen LogP contribution < -0.4 is 5.73 Å². The van der Waals surface area contributed by atoms with Gasteiger partial charge in [-0.3, -0.25) is 19.3 Å². The average molecular weight is 291 g/mol. The van der Waals surface area contributed by atoms with Crippen LogP contribution >= 0.6 is 0 Å². The van der Waals surface area contributed by atoms with E-state index >= 15 is 0 Å². The minimum atomic E-state index is -0.871. The van der Waals surface area contributed by atoms with Gasteiger partial charge < -0.3 is 15.7 Å². The van der Waals surface area contributed by atoms with E-state index in [1.807, 2.05) is 0 Å². The number of benzene rings is 1. The molecule has 0 aliphatic carbocycles. The van der Waals surface area contributed by atoms with Crippen LogP contribution in [0.4, 0.5) is 0 Å². The quantitative estimate of drug-likeness (QED) is 0.787. The monoisotopic (exact) mass is 291 g/mol. The second-order valence-corrected chi connectivity index (χ2v) is 4.91. The zero-order valence-electron chi connectivity index (χ0n) is 11.5. The summed E-state index contributed by atoms with van der Waals surface area (Å²) in [6.07, 6.45) is 0. The molecule has 3 N–H and O–H groups in total. The van der Waals surface area contributed by atoms with E-state index in [-0.39, 0.29) is 12.5 Å². The summed E-state index contributed by atoms with van der Waals surface area (Å²) in [5, 5.41) is 8.74. The number of rotatable bonds is 4. The van der Waals surface area contributed by atoms with Crippen molar-refractivity contribution in [3.05, 3.63) is 35.4 Å². The van der Waals surface area contributed by atoms with Gasteiger partial charge >= 0.3 is 5.97 Å². The molecule has 2 rings (SSSR count). The van der Waals surface area contributed by atoms with Crippen molar-refractivity contribution in [2.24, 2.45) is 5.73 Å². The fourth-order valence-electron chi connectivity index (χ4n) is 2.29. The van der Waals surface area contributed by atoms with Gasteiger partial charge in [0.1, 0.15) is 0 Å². The van der Waals surface area contributed by atoms with Crippen LogP contribution in [0.25, 0.3) is 0 Å². The summed E-state index contributed by atoms with van der Waals surface area (Å²) < 4.78 is 0. The first-order chi connectivity index (χ1) is 9.97. The third-order valence-corrected chi connectivity index (χ3v) is 3.41. The van der Waals surface area contributed by atoms with E-state index in [1.54, 1.807) is 28.0 Å². The average Bonchev–Trinajstić information content (AvgIpc) is 2.47. The molecule has 21 heavy (non-hydrogen) atoms. The summed E-state index contributed by atoms with van der Waals surface area (Å²) in [5.41, 5.74) is 5.91. The predicted octanol–water partition coefficient (Wildman–Crippen LogP) is -0.372. The lowest BCUT2D eigenvalue weighted by atomic mass is 10.1. The van der Waals surface area contributed by atoms with Crippen LogP contribution in [-0.2, 0) is 4.79 Å². The van der Waals surface area contributed by atoms with Gasteiger partial charge in [-0.15, -0.1) is 0 Å². The molecule has 1 fully saturated rings. The van der Waals surface area contributed by atoms with Crippen LogP contribution in [0.15, 0.2) is 24.3 Å². The van der Waals surface area contributed by atoms with Crippen LogP contribution in [0, 0.1) is 0 Å². The molecular weight excluding hydrogens is 274 g/mol. The first-order valence-corrected chi connectivity index (χ1v) is 6.60. The van der Waals surface area contributed by atoms with E-state index in [9.17, 15) is 14.4 Å². The Labute approximate surface area is 121 Å². The van der Waals surface area contributed by atoms with Gasteiger partial charge in [-0.25, -0.2) is 0 Å². The van der Waals surface area contributed by atoms with Gasteiger partial charge in [0.2, 0.25) is 5.91 Å². The van der Waals surface area contributed by atoms with E-state index in [0.717, 1.165) is 0 Å². The van der Waals surface area contributed by atoms with Crippen LogP contribution in [0.2, 0.25) is 0 Å². The number of hydrogen-bond acceptors (Lipinski definition) is 4. The summed E-state index contributed by atoms with van der Waals surface area (Å²) in [6.45, 7) is 1.96. The lowest BCUT2D eigenvalue weighted by Crippen LogP contribution is -2.49. The van der Waals surface area contributed by atoms with Crippen LogP contribution in [0.1, 0.15) is 20.7 Å². The number of piperazine rings is 1. The summed E-state index contributed by atoms with van der Waals surface area (Å²) in [7, 11) is 0. The molecule has 112 valence electrons. The number of carboxylic acid groups (broad SMARTS) is 1. The van der Waals surface area contributed by atoms with Crippen molar-refractivity contribution >= 4 is 17.8 Å². The summed E-state index contributed by atoms with van der Waals surface area (Å²) in [4.78, 5) is 37.5. The molecule has 0 atom stereocenters. The van der Waals surface area contributed by atoms with Crippen molar-refractivity contribution in [1.82, 2.24) is 9.80 Å². The first-order valence-electron chi connectivity index (χ1n) is 6.60. The molecule has 1 heterocycles. The molecular formula is C14H17N3O4. The van der Waals surface area contributed by atoms with Gasteiger partial charge in [0.05, 0.1) is 6.54 Å². The Morgan fingerprint density at radius 2 is 1.71 bits per heavy atom. The molecule has 0 radical (unpaired) electrons. The number of amides is 2. The van der Waals surface area contributed by atoms with Gasteiger partial charge in [-0.2, -0.15) is 0 Å². The summed E-state index contributed by atoms with van der Waals surface area (Å²) in [6, 6.07) is 6.30. The Morgan fingerprint density at radius 3 is 2.29 bits per heavy atom. The second kappa shape index (κ2) is 6.36. The van der Waals surface area contributed by atoms with Crippen LogP contribution in [0.3, 0.4) is 0 Å². The molecule has 1 aliphatic heterocycles. The van der Waals surface area contributed by atoms with Crippen LogP contribution in [-0.4, -0.2) is 65.4 Å². The molecule has 1 aromatic rings. The zero-order valence-corrected chi connectivity index (χ0v) is 11.5. The number of nitrogens with two attached hydrogens (primary N) is 1. The minimum absolute atomic E-state index is 0.0147. The lowest BCUT2D eigenvalue weighted by molar-refractivity contribution is -0.138. The fraction of sp³-hybridized carbons (Fsp3) is 0.357. The second-order valence-electron chi connectivity index (χ2n) is 4.91. The Morgan fingerprint density at radius 1 is 1.10 bits per heavy atom. The van der Waals surface area contributed by atoms with E-state index in [2.05, 4.69) is 0 Å². The first kappa shape index (κ1) is 15.0. The molecule has 1 aromatic carbocycles. The van der Waals surface area contributed by atoms with Crippen molar-refractivity contribution in [3.8, 4) is 0 Å². The predicted molar refractivity (Wildman–Crippen MR) is 74.9 cm³/mol. The Bertz CT molecular complexity index is 565. The Balaban J connectivity index is 2.00. The van der Waals surface area contributed by atoms with Gasteiger partial charge in [0.25, 0.3) is 5.91 Å². The van der Waals surface area contributed by atoms with Gasteiger partial charge in [-0.1, -0.05) is 6.07 Å². The number of nitrogens with zero attached hydrogens (tertiary/aromatic N) is 2. The molecule has 0 bridgehead atoms. The summed E-state index contributed by atoms with van der Waals surface area (Å²) >= 11 is 0. The van der Waals surface area contributed by atoms with E-state index in [0.29, 0.717) is 37.3 Å². The molecule has 0 saturated carbocycles. The highest BCUT2D eigenvalue weighted by Gasteiger charge is 2.23. The molecule has 7 heteroatoms. The smallest absolute Gasteiger partial charge is 0.317 e. The number of carbonyl (C=O) groups excluding carboxylic acids is 2. The maximum absolute atomic E-state index is 12.3. The summed E-state index contributed by atoms with van der Waals surface area (Å²) in [5.74, 6) is -1.62. The standard InChI is InChI=1S/C14H17N3O4/c15-13(20)10-2-1-3-11(8-10)14(21)17-6-4-16(5-7-17)9-12(18)19/h1-3,8H,4-7,9H2,(H2,15,20)(H,18,19). The molecule has 1 saturated heterocycles. The number of primary amides is 1. The Hall–Kier alpha value is -2.41. The highest BCUT2D eigenvalue weighted by molar-refractivity contribution is 5.99. The SMILES string of the molecule is NC(=O)c1cccc(C(=O)N2CCN(CC(=O)O)CC2)c1. The topological polar surface area (TPSA) is 104 Å². The Kier molecular flexibility index (Phi) is 4.54. The molecule has 0 spiro atoms.